The van der Waals surface area contributed by atoms with Crippen LogP contribution in [0.2, 0.25) is 0 Å². The van der Waals surface area contributed by atoms with E-state index in [-0.39, 0.29) is 30.6 Å². The Bertz CT molecular complexity index is 874. The van der Waals surface area contributed by atoms with Gasteiger partial charge in [-0.2, -0.15) is 0 Å². The van der Waals surface area contributed by atoms with Crippen molar-refractivity contribution >= 4 is 23.9 Å². The van der Waals surface area contributed by atoms with E-state index in [4.69, 9.17) is 4.74 Å². The first-order chi connectivity index (χ1) is 14.3. The molecular formula is C20H22F2N4O4. The van der Waals surface area contributed by atoms with E-state index in [0.29, 0.717) is 37.7 Å². The van der Waals surface area contributed by atoms with Crippen molar-refractivity contribution in [3.8, 4) is 0 Å². The first kappa shape index (κ1) is 20.1. The molecule has 30 heavy (non-hydrogen) atoms. The van der Waals surface area contributed by atoms with Crippen LogP contribution in [0.25, 0.3) is 0 Å². The molecule has 8 nitrogen and oxygen atoms in total. The van der Waals surface area contributed by atoms with Crippen LogP contribution in [0.5, 0.6) is 0 Å². The number of hydrogen-bond acceptors (Lipinski definition) is 6. The third-order valence-electron chi connectivity index (χ3n) is 5.60. The molecule has 0 radical (unpaired) electrons. The molecule has 10 heteroatoms. The topological polar surface area (TPSA) is 91.0 Å². The van der Waals surface area contributed by atoms with Crippen molar-refractivity contribution in [2.45, 2.75) is 30.9 Å². The van der Waals surface area contributed by atoms with Gasteiger partial charge in [-0.05, 0) is 25.1 Å². The third-order valence-corrected chi connectivity index (χ3v) is 5.60. The molecule has 0 aromatic heterocycles. The number of carbonyl (C=O) groups is 3. The Labute approximate surface area is 171 Å². The van der Waals surface area contributed by atoms with E-state index in [1.807, 2.05) is 0 Å². The Morgan fingerprint density at radius 3 is 2.47 bits per heavy atom. The van der Waals surface area contributed by atoms with Gasteiger partial charge in [0.1, 0.15) is 17.7 Å². The first-order valence-electron chi connectivity index (χ1n) is 9.73. The van der Waals surface area contributed by atoms with Gasteiger partial charge in [-0.25, -0.2) is 8.78 Å². The molecule has 0 saturated carbocycles. The number of likely N-dealkylation sites (tertiary alicyclic amines) is 1. The highest BCUT2D eigenvalue weighted by Gasteiger charge is 2.35. The van der Waals surface area contributed by atoms with Crippen LogP contribution in [0.4, 0.5) is 14.5 Å². The number of piperidine rings is 1. The number of benzene rings is 1. The highest BCUT2D eigenvalue weighted by Crippen LogP contribution is 2.33. The molecule has 1 aromatic carbocycles. The van der Waals surface area contributed by atoms with Gasteiger partial charge in [0.25, 0.3) is 0 Å². The number of amides is 3. The number of nitrogens with one attached hydrogen (secondary N) is 2. The van der Waals surface area contributed by atoms with Crippen LogP contribution in [-0.4, -0.2) is 61.4 Å². The third kappa shape index (κ3) is 3.94. The number of hydrogen-bond donors (Lipinski definition) is 2. The zero-order valence-electron chi connectivity index (χ0n) is 16.2. The van der Waals surface area contributed by atoms with Crippen LogP contribution in [0, 0.1) is 11.6 Å². The van der Waals surface area contributed by atoms with E-state index in [1.54, 1.807) is 9.80 Å². The van der Waals surface area contributed by atoms with Gasteiger partial charge < -0.3 is 19.9 Å². The fourth-order valence-electron chi connectivity index (χ4n) is 3.93. The van der Waals surface area contributed by atoms with Crippen LogP contribution in [0.1, 0.15) is 24.3 Å². The Hall–Kier alpha value is -3.17. The maximum atomic E-state index is 14.6. The number of imide groups is 1. The molecule has 3 saturated heterocycles. The Morgan fingerprint density at radius 2 is 1.87 bits per heavy atom. The minimum Gasteiger partial charge on any atom is -0.473 e. The van der Waals surface area contributed by atoms with Gasteiger partial charge in [-0.3, -0.25) is 19.7 Å². The van der Waals surface area contributed by atoms with E-state index < -0.39 is 29.4 Å². The molecule has 4 rings (SSSR count). The van der Waals surface area contributed by atoms with Crippen LogP contribution in [0.3, 0.4) is 0 Å². The van der Waals surface area contributed by atoms with E-state index in [9.17, 15) is 23.2 Å². The Kier molecular flexibility index (Phi) is 5.31. The molecule has 0 aliphatic carbocycles. The average molecular weight is 420 g/mol. The first-order valence-corrected chi connectivity index (χ1v) is 9.73. The van der Waals surface area contributed by atoms with Gasteiger partial charge in [0, 0.05) is 30.8 Å². The van der Waals surface area contributed by atoms with Crippen molar-refractivity contribution in [1.29, 1.82) is 0 Å². The molecule has 3 aliphatic heterocycles. The van der Waals surface area contributed by atoms with Crippen molar-refractivity contribution in [2.75, 3.05) is 31.1 Å². The van der Waals surface area contributed by atoms with E-state index >= 15 is 0 Å². The highest BCUT2D eigenvalue weighted by atomic mass is 19.1. The lowest BCUT2D eigenvalue weighted by atomic mass is 9.89. The van der Waals surface area contributed by atoms with Crippen molar-refractivity contribution in [2.24, 2.45) is 0 Å². The summed E-state index contributed by atoms with van der Waals surface area (Å²) in [5, 5.41) is 5.24. The van der Waals surface area contributed by atoms with Gasteiger partial charge in [0.05, 0.1) is 25.0 Å². The molecule has 0 bridgehead atoms. The molecule has 3 amide bonds. The summed E-state index contributed by atoms with van der Waals surface area (Å²) in [7, 11) is 0. The summed E-state index contributed by atoms with van der Waals surface area (Å²) < 4.78 is 34.9. The van der Waals surface area contributed by atoms with Crippen molar-refractivity contribution in [3.05, 3.63) is 41.8 Å². The van der Waals surface area contributed by atoms with Crippen LogP contribution in [-0.2, 0) is 19.1 Å². The summed E-state index contributed by atoms with van der Waals surface area (Å²) in [5.41, 5.74) is 0.0804. The maximum Gasteiger partial charge on any atom is 0.234 e. The molecule has 1 unspecified atom stereocenters. The highest BCUT2D eigenvalue weighted by molar-refractivity contribution is 6.01. The van der Waals surface area contributed by atoms with Gasteiger partial charge in [-0.15, -0.1) is 0 Å². The molecule has 1 atom stereocenters. The summed E-state index contributed by atoms with van der Waals surface area (Å²) in [6, 6.07) is 2.44. The van der Waals surface area contributed by atoms with E-state index in [1.165, 1.54) is 12.1 Å². The zero-order chi connectivity index (χ0) is 21.4. The summed E-state index contributed by atoms with van der Waals surface area (Å²) in [4.78, 5) is 37.1. The SMILES string of the molecule is C=C(NC1CN(c2cc(F)c(C3CCC(=O)NC3=O)c(F)c2)C1)OC1CN(C=O)C1. The fourth-order valence-corrected chi connectivity index (χ4v) is 3.93. The molecule has 3 aliphatic rings. The second-order valence-corrected chi connectivity index (χ2v) is 7.80. The monoisotopic (exact) mass is 420 g/mol. The second-order valence-electron chi connectivity index (χ2n) is 7.80. The molecular weight excluding hydrogens is 398 g/mol. The number of rotatable bonds is 7. The zero-order valence-corrected chi connectivity index (χ0v) is 16.2. The molecule has 1 aromatic rings. The summed E-state index contributed by atoms with van der Waals surface area (Å²) in [6.45, 7) is 5.87. The van der Waals surface area contributed by atoms with E-state index in [0.717, 1.165) is 6.41 Å². The minimum atomic E-state index is -1.01. The Morgan fingerprint density at radius 1 is 1.20 bits per heavy atom. The average Bonchev–Trinajstić information content (AvgIpc) is 2.61. The molecule has 2 N–H and O–H groups in total. The normalized spacial score (nSPS) is 22.1. The maximum absolute atomic E-state index is 14.6. The lowest BCUT2D eigenvalue weighted by molar-refractivity contribution is -0.134. The molecule has 3 fully saturated rings. The number of nitrogens with zero attached hydrogens (tertiary/aromatic N) is 2. The lowest BCUT2D eigenvalue weighted by Crippen LogP contribution is -2.59. The fraction of sp³-hybridized carbons (Fsp3) is 0.450. The minimum absolute atomic E-state index is 0.0145. The van der Waals surface area contributed by atoms with Crippen LogP contribution < -0.4 is 15.5 Å². The van der Waals surface area contributed by atoms with Crippen LogP contribution >= 0.6 is 0 Å². The summed E-state index contributed by atoms with van der Waals surface area (Å²) >= 11 is 0. The van der Waals surface area contributed by atoms with Gasteiger partial charge in [0.15, 0.2) is 5.88 Å². The molecule has 0 spiro atoms. The second kappa shape index (κ2) is 7.92. The quantitative estimate of drug-likeness (QED) is 0.381. The summed E-state index contributed by atoms with van der Waals surface area (Å²) in [6.07, 6.45) is 0.830. The number of halogens is 2. The predicted octanol–water partition coefficient (Wildman–Crippen LogP) is 0.592. The van der Waals surface area contributed by atoms with Crippen molar-refractivity contribution < 1.29 is 27.9 Å². The largest absolute Gasteiger partial charge is 0.473 e. The Balaban J connectivity index is 1.32. The lowest BCUT2D eigenvalue weighted by Gasteiger charge is -2.43. The van der Waals surface area contributed by atoms with Crippen LogP contribution in [0.15, 0.2) is 24.6 Å². The van der Waals surface area contributed by atoms with Crippen molar-refractivity contribution in [3.63, 3.8) is 0 Å². The molecule has 3 heterocycles. The smallest absolute Gasteiger partial charge is 0.234 e. The van der Waals surface area contributed by atoms with Gasteiger partial charge in [0.2, 0.25) is 18.2 Å². The number of carbonyl (C=O) groups excluding carboxylic acids is 3. The number of anilines is 1. The molecule has 160 valence electrons. The van der Waals surface area contributed by atoms with Gasteiger partial charge in [-0.1, -0.05) is 0 Å². The summed E-state index contributed by atoms with van der Waals surface area (Å²) in [5.74, 6) is -3.31. The van der Waals surface area contributed by atoms with Gasteiger partial charge >= 0.3 is 0 Å². The number of ether oxygens (including phenoxy) is 1. The van der Waals surface area contributed by atoms with Crippen molar-refractivity contribution in [1.82, 2.24) is 15.5 Å². The standard InChI is InChI=1S/C20H22F2N4O4/c1-11(30-14-8-25(9-14)10-27)23-12-6-26(7-12)13-4-16(21)19(17(22)5-13)15-2-3-18(28)24-20(15)29/h4-5,10,12,14-15,23H,1-3,6-9H2,(H,24,28,29). The van der Waals surface area contributed by atoms with E-state index in [2.05, 4.69) is 17.2 Å². The predicted molar refractivity (Wildman–Crippen MR) is 102 cm³/mol.